The van der Waals surface area contributed by atoms with E-state index in [0.717, 1.165) is 11.6 Å². The van der Waals surface area contributed by atoms with Crippen LogP contribution in [0.4, 0.5) is 8.78 Å². The fraction of sp³-hybridized carbons (Fsp3) is 0.200. The fourth-order valence-electron chi connectivity index (χ4n) is 2.02. The van der Waals surface area contributed by atoms with Gasteiger partial charge in [0.15, 0.2) is 0 Å². The minimum absolute atomic E-state index is 0.328. The van der Waals surface area contributed by atoms with Gasteiger partial charge in [-0.05, 0) is 11.6 Å². The van der Waals surface area contributed by atoms with Gasteiger partial charge in [0.1, 0.15) is 11.6 Å². The molecule has 0 aliphatic heterocycles. The van der Waals surface area contributed by atoms with Gasteiger partial charge in [-0.1, -0.05) is 36.4 Å². The van der Waals surface area contributed by atoms with E-state index < -0.39 is 11.6 Å². The largest absolute Gasteiger partial charge is 0.329 e. The number of hydrogen-bond acceptors (Lipinski definition) is 2. The molecule has 0 fully saturated rings. The van der Waals surface area contributed by atoms with Crippen molar-refractivity contribution in [2.75, 3.05) is 13.1 Å². The van der Waals surface area contributed by atoms with Crippen LogP contribution in [0.15, 0.2) is 48.5 Å². The Bertz CT molecular complexity index is 529. The molecule has 0 bridgehead atoms. The van der Waals surface area contributed by atoms with Crippen LogP contribution in [0.2, 0.25) is 0 Å². The third-order valence-corrected chi connectivity index (χ3v) is 2.90. The summed E-state index contributed by atoms with van der Waals surface area (Å²) in [6.07, 6.45) is 0. The standard InChI is InChI=1S/C15H16F2N2/c16-12-6-7-13(14(17)10-12)15(19-9-8-18)11-4-2-1-3-5-11/h1-7,10,15,19H,8-9,18H2/t15-/m0/s1. The van der Waals surface area contributed by atoms with Crippen LogP contribution in [0.25, 0.3) is 0 Å². The predicted octanol–water partition coefficient (Wildman–Crippen LogP) is 2.60. The highest BCUT2D eigenvalue weighted by Gasteiger charge is 2.17. The zero-order chi connectivity index (χ0) is 13.7. The Morgan fingerprint density at radius 3 is 2.42 bits per heavy atom. The Labute approximate surface area is 111 Å². The lowest BCUT2D eigenvalue weighted by Gasteiger charge is -2.20. The van der Waals surface area contributed by atoms with Crippen LogP contribution in [-0.4, -0.2) is 13.1 Å². The molecule has 0 aliphatic carbocycles. The summed E-state index contributed by atoms with van der Waals surface area (Å²) >= 11 is 0. The summed E-state index contributed by atoms with van der Waals surface area (Å²) in [7, 11) is 0. The van der Waals surface area contributed by atoms with Crippen molar-refractivity contribution >= 4 is 0 Å². The second-order valence-corrected chi connectivity index (χ2v) is 4.25. The van der Waals surface area contributed by atoms with E-state index in [1.165, 1.54) is 12.1 Å². The van der Waals surface area contributed by atoms with Crippen LogP contribution in [0, 0.1) is 11.6 Å². The SMILES string of the molecule is NCCN[C@@H](c1ccccc1)c1ccc(F)cc1F. The summed E-state index contributed by atoms with van der Waals surface area (Å²) in [5, 5.41) is 3.17. The lowest BCUT2D eigenvalue weighted by Crippen LogP contribution is -2.28. The minimum Gasteiger partial charge on any atom is -0.329 e. The van der Waals surface area contributed by atoms with E-state index in [4.69, 9.17) is 5.73 Å². The summed E-state index contributed by atoms with van der Waals surface area (Å²) in [4.78, 5) is 0. The molecule has 3 N–H and O–H groups in total. The van der Waals surface area contributed by atoms with Crippen molar-refractivity contribution in [3.8, 4) is 0 Å². The molecule has 100 valence electrons. The topological polar surface area (TPSA) is 38.0 Å². The van der Waals surface area contributed by atoms with Gasteiger partial charge in [0.05, 0.1) is 6.04 Å². The first kappa shape index (κ1) is 13.6. The number of nitrogens with one attached hydrogen (secondary N) is 1. The Hall–Kier alpha value is -1.78. The van der Waals surface area contributed by atoms with Crippen LogP contribution < -0.4 is 11.1 Å². The Morgan fingerprint density at radius 2 is 1.79 bits per heavy atom. The summed E-state index contributed by atoms with van der Waals surface area (Å²) < 4.78 is 26.9. The second-order valence-electron chi connectivity index (χ2n) is 4.25. The molecule has 1 atom stereocenters. The molecular weight excluding hydrogens is 246 g/mol. The first-order valence-electron chi connectivity index (χ1n) is 6.15. The smallest absolute Gasteiger partial charge is 0.131 e. The van der Waals surface area contributed by atoms with Crippen LogP contribution in [0.5, 0.6) is 0 Å². The van der Waals surface area contributed by atoms with Gasteiger partial charge in [0.2, 0.25) is 0 Å². The van der Waals surface area contributed by atoms with Crippen molar-refractivity contribution in [2.24, 2.45) is 5.73 Å². The molecule has 2 nitrogen and oxygen atoms in total. The second kappa shape index (κ2) is 6.41. The summed E-state index contributed by atoms with van der Waals surface area (Å²) in [6.45, 7) is 1.00. The first-order valence-corrected chi connectivity index (χ1v) is 6.15. The van der Waals surface area contributed by atoms with Crippen molar-refractivity contribution in [3.63, 3.8) is 0 Å². The lowest BCUT2D eigenvalue weighted by molar-refractivity contribution is 0.536. The van der Waals surface area contributed by atoms with Crippen LogP contribution >= 0.6 is 0 Å². The van der Waals surface area contributed by atoms with Gasteiger partial charge in [-0.15, -0.1) is 0 Å². The summed E-state index contributed by atoms with van der Waals surface area (Å²) in [6, 6.07) is 12.8. The van der Waals surface area contributed by atoms with Gasteiger partial charge in [-0.2, -0.15) is 0 Å². The van der Waals surface area contributed by atoms with E-state index in [2.05, 4.69) is 5.32 Å². The highest BCUT2D eigenvalue weighted by Crippen LogP contribution is 2.24. The molecule has 0 radical (unpaired) electrons. The van der Waals surface area contributed by atoms with Gasteiger partial charge >= 0.3 is 0 Å². The Kier molecular flexibility index (Phi) is 4.60. The van der Waals surface area contributed by atoms with E-state index in [1.807, 2.05) is 30.3 Å². The highest BCUT2D eigenvalue weighted by atomic mass is 19.1. The molecule has 0 saturated carbocycles. The maximum atomic E-state index is 13.9. The van der Waals surface area contributed by atoms with Crippen LogP contribution in [0.1, 0.15) is 17.2 Å². The third-order valence-electron chi connectivity index (χ3n) is 2.90. The predicted molar refractivity (Wildman–Crippen MR) is 71.7 cm³/mol. The van der Waals surface area contributed by atoms with E-state index in [1.54, 1.807) is 0 Å². The van der Waals surface area contributed by atoms with Crippen LogP contribution in [-0.2, 0) is 0 Å². The van der Waals surface area contributed by atoms with Gasteiger partial charge in [0, 0.05) is 24.7 Å². The Morgan fingerprint density at radius 1 is 1.05 bits per heavy atom. The maximum Gasteiger partial charge on any atom is 0.131 e. The zero-order valence-electron chi connectivity index (χ0n) is 10.4. The molecule has 2 aromatic carbocycles. The third kappa shape index (κ3) is 3.36. The van der Waals surface area contributed by atoms with E-state index >= 15 is 0 Å². The number of rotatable bonds is 5. The number of benzene rings is 2. The molecule has 0 aromatic heterocycles. The molecule has 0 unspecified atom stereocenters. The molecule has 0 spiro atoms. The molecule has 2 aromatic rings. The maximum absolute atomic E-state index is 13.9. The first-order chi connectivity index (χ1) is 9.22. The number of halogens is 2. The summed E-state index contributed by atoms with van der Waals surface area (Å²) in [5.41, 5.74) is 6.81. The van der Waals surface area contributed by atoms with Crippen molar-refractivity contribution in [2.45, 2.75) is 6.04 Å². The minimum atomic E-state index is -0.577. The number of hydrogen-bond donors (Lipinski definition) is 2. The molecular formula is C15H16F2N2. The normalized spacial score (nSPS) is 12.4. The van der Waals surface area contributed by atoms with Crippen molar-refractivity contribution in [1.82, 2.24) is 5.32 Å². The fourth-order valence-corrected chi connectivity index (χ4v) is 2.02. The van der Waals surface area contributed by atoms with E-state index in [0.29, 0.717) is 18.7 Å². The van der Waals surface area contributed by atoms with E-state index in [-0.39, 0.29) is 6.04 Å². The quantitative estimate of drug-likeness (QED) is 0.869. The molecule has 0 saturated heterocycles. The molecule has 0 aliphatic rings. The van der Waals surface area contributed by atoms with Crippen LogP contribution in [0.3, 0.4) is 0 Å². The molecule has 0 amide bonds. The summed E-state index contributed by atoms with van der Waals surface area (Å²) in [5.74, 6) is -1.13. The lowest BCUT2D eigenvalue weighted by atomic mass is 9.98. The highest BCUT2D eigenvalue weighted by molar-refractivity contribution is 5.32. The van der Waals surface area contributed by atoms with Crippen molar-refractivity contribution in [3.05, 3.63) is 71.3 Å². The van der Waals surface area contributed by atoms with Crippen molar-refractivity contribution < 1.29 is 8.78 Å². The van der Waals surface area contributed by atoms with Gasteiger partial charge in [-0.25, -0.2) is 8.78 Å². The molecule has 2 rings (SSSR count). The number of nitrogens with two attached hydrogens (primary N) is 1. The van der Waals surface area contributed by atoms with Gasteiger partial charge in [0.25, 0.3) is 0 Å². The van der Waals surface area contributed by atoms with Gasteiger partial charge < -0.3 is 11.1 Å². The van der Waals surface area contributed by atoms with Gasteiger partial charge in [-0.3, -0.25) is 0 Å². The zero-order valence-corrected chi connectivity index (χ0v) is 10.4. The average molecular weight is 262 g/mol. The molecule has 4 heteroatoms. The monoisotopic (exact) mass is 262 g/mol. The van der Waals surface area contributed by atoms with E-state index in [9.17, 15) is 8.78 Å². The average Bonchev–Trinajstić information content (AvgIpc) is 2.42. The Balaban J connectivity index is 2.37. The molecule has 0 heterocycles. The van der Waals surface area contributed by atoms with Crippen molar-refractivity contribution in [1.29, 1.82) is 0 Å². The molecule has 19 heavy (non-hydrogen) atoms.